The van der Waals surface area contributed by atoms with Crippen molar-refractivity contribution in [3.8, 4) is 11.8 Å². The Morgan fingerprint density at radius 3 is 2.53 bits per heavy atom. The first-order valence-electron chi connectivity index (χ1n) is 11.3. The van der Waals surface area contributed by atoms with Gasteiger partial charge in [-0.25, -0.2) is 8.78 Å². The van der Waals surface area contributed by atoms with Crippen molar-refractivity contribution in [3.63, 3.8) is 0 Å². The van der Waals surface area contributed by atoms with E-state index in [9.17, 15) is 18.8 Å². The summed E-state index contributed by atoms with van der Waals surface area (Å²) in [6, 6.07) is 17.4. The van der Waals surface area contributed by atoms with Crippen molar-refractivity contribution < 1.29 is 18.3 Å². The minimum atomic E-state index is -1.12. The molecule has 1 fully saturated rings. The Bertz CT molecular complexity index is 1230. The molecule has 1 saturated heterocycles. The highest BCUT2D eigenvalue weighted by Gasteiger charge is 2.42. The van der Waals surface area contributed by atoms with E-state index < -0.39 is 17.5 Å². The smallest absolute Gasteiger partial charge is 0.245 e. The van der Waals surface area contributed by atoms with E-state index in [2.05, 4.69) is 11.4 Å². The average Bonchev–Trinajstić information content (AvgIpc) is 2.86. The summed E-state index contributed by atoms with van der Waals surface area (Å²) in [5, 5.41) is 14.4. The Morgan fingerprint density at radius 2 is 1.88 bits per heavy atom. The number of hydrogen-bond donors (Lipinski definition) is 1. The zero-order chi connectivity index (χ0) is 24.3. The Labute approximate surface area is 197 Å². The van der Waals surface area contributed by atoms with Crippen LogP contribution < -0.4 is 10.1 Å². The predicted octanol–water partition coefficient (Wildman–Crippen LogP) is 4.82. The highest BCUT2D eigenvalue weighted by atomic mass is 19.1. The lowest BCUT2D eigenvalue weighted by Gasteiger charge is -2.43. The summed E-state index contributed by atoms with van der Waals surface area (Å²) in [4.78, 5) is 15.7. The number of halogens is 2. The van der Waals surface area contributed by atoms with Crippen molar-refractivity contribution >= 4 is 16.7 Å². The molecule has 4 rings (SSSR count). The molecule has 1 heterocycles. The van der Waals surface area contributed by atoms with Crippen LogP contribution in [0.2, 0.25) is 0 Å². The summed E-state index contributed by atoms with van der Waals surface area (Å²) in [5.74, 6) is -0.258. The fourth-order valence-corrected chi connectivity index (χ4v) is 4.76. The molecule has 176 valence electrons. The number of fused-ring (bicyclic) bond motifs is 1. The predicted molar refractivity (Wildman–Crippen MR) is 127 cm³/mol. The second kappa shape index (κ2) is 9.78. The number of nitrogens with zero attached hydrogens (tertiary/aromatic N) is 2. The third-order valence-corrected chi connectivity index (χ3v) is 6.76. The molecule has 1 N–H and O–H groups in total. The molecule has 5 nitrogen and oxygen atoms in total. The third-order valence-electron chi connectivity index (χ3n) is 6.76. The minimum absolute atomic E-state index is 0.133. The van der Waals surface area contributed by atoms with Crippen molar-refractivity contribution in [2.75, 3.05) is 20.2 Å². The van der Waals surface area contributed by atoms with Gasteiger partial charge in [-0.1, -0.05) is 36.4 Å². The first kappa shape index (κ1) is 23.7. The number of nitriles is 1. The second-order valence-electron chi connectivity index (χ2n) is 8.69. The summed E-state index contributed by atoms with van der Waals surface area (Å²) in [6.07, 6.45) is -0.208. The average molecular weight is 464 g/mol. The first-order valence-corrected chi connectivity index (χ1v) is 11.3. The van der Waals surface area contributed by atoms with Crippen LogP contribution in [-0.4, -0.2) is 37.2 Å². The molecule has 1 atom stereocenters. The number of nitrogens with one attached hydrogen (secondary N) is 1. The summed E-state index contributed by atoms with van der Waals surface area (Å²) in [7, 11) is 1.50. The zero-order valence-corrected chi connectivity index (χ0v) is 19.3. The van der Waals surface area contributed by atoms with Crippen molar-refractivity contribution in [3.05, 3.63) is 77.1 Å². The van der Waals surface area contributed by atoms with Gasteiger partial charge < -0.3 is 10.1 Å². The Kier molecular flexibility index (Phi) is 6.80. The molecule has 7 heteroatoms. The topological polar surface area (TPSA) is 65.4 Å². The number of ether oxygens (including phenoxy) is 1. The Balaban J connectivity index is 1.70. The lowest BCUT2D eigenvalue weighted by atomic mass is 9.86. The van der Waals surface area contributed by atoms with Crippen molar-refractivity contribution in [1.82, 2.24) is 10.2 Å². The quantitative estimate of drug-likeness (QED) is 0.569. The molecule has 0 aliphatic carbocycles. The van der Waals surface area contributed by atoms with Crippen LogP contribution in [0.5, 0.6) is 5.75 Å². The molecule has 0 aromatic heterocycles. The highest BCUT2D eigenvalue weighted by Crippen LogP contribution is 2.34. The fourth-order valence-electron chi connectivity index (χ4n) is 4.76. The van der Waals surface area contributed by atoms with Crippen molar-refractivity contribution in [1.29, 1.82) is 5.26 Å². The molecule has 0 radical (unpaired) electrons. The molecule has 3 aromatic rings. The number of hydrogen-bond acceptors (Lipinski definition) is 4. The van der Waals surface area contributed by atoms with E-state index in [1.165, 1.54) is 19.2 Å². The van der Waals surface area contributed by atoms with Gasteiger partial charge in [0.1, 0.15) is 29.3 Å². The van der Waals surface area contributed by atoms with E-state index in [1.54, 1.807) is 25.1 Å². The number of rotatable bonds is 6. The minimum Gasteiger partial charge on any atom is -0.495 e. The Hall–Kier alpha value is -3.50. The third kappa shape index (κ3) is 4.34. The summed E-state index contributed by atoms with van der Waals surface area (Å²) >= 11 is 0. The molecule has 3 aromatic carbocycles. The van der Waals surface area contributed by atoms with Gasteiger partial charge in [0.25, 0.3) is 0 Å². The number of carbonyl (C=O) groups excluding carboxylic acids is 1. The van der Waals surface area contributed by atoms with Gasteiger partial charge in [0.05, 0.1) is 12.7 Å². The molecular formula is C27H27F2N3O2. The zero-order valence-electron chi connectivity index (χ0n) is 19.3. The van der Waals surface area contributed by atoms with Crippen LogP contribution in [0.25, 0.3) is 10.8 Å². The van der Waals surface area contributed by atoms with E-state index in [0.717, 1.165) is 10.8 Å². The number of piperidine rings is 1. The Morgan fingerprint density at radius 1 is 1.21 bits per heavy atom. The lowest BCUT2D eigenvalue weighted by Crippen LogP contribution is -2.56. The monoisotopic (exact) mass is 463 g/mol. The molecule has 0 saturated carbocycles. The van der Waals surface area contributed by atoms with E-state index in [1.807, 2.05) is 29.2 Å². The van der Waals surface area contributed by atoms with Crippen LogP contribution >= 0.6 is 0 Å². The van der Waals surface area contributed by atoms with Crippen LogP contribution in [-0.2, 0) is 16.9 Å². The molecule has 0 bridgehead atoms. The van der Waals surface area contributed by atoms with Gasteiger partial charge in [0, 0.05) is 25.2 Å². The maximum atomic E-state index is 13.9. The maximum absolute atomic E-state index is 13.9. The molecular weight excluding hydrogens is 436 g/mol. The summed E-state index contributed by atoms with van der Waals surface area (Å²) in [6.45, 7) is 2.75. The van der Waals surface area contributed by atoms with Crippen LogP contribution in [0.3, 0.4) is 0 Å². The van der Waals surface area contributed by atoms with Crippen LogP contribution in [0.15, 0.2) is 54.6 Å². The molecule has 0 spiro atoms. The van der Waals surface area contributed by atoms with Crippen LogP contribution in [0.1, 0.15) is 36.5 Å². The standard InChI is InChI=1S/C27H27F2N3O2/c1-27(20-7-9-21(28)10-8-20,32-13-11-22(29)12-14-32)26(33)31-17-24-23-6-4-3-5-18(23)15-19(16-30)25(24)34-2/h3-10,15,22H,11-14,17H2,1-2H3,(H,31,33). The van der Waals surface area contributed by atoms with Crippen LogP contribution in [0, 0.1) is 17.1 Å². The first-order chi connectivity index (χ1) is 16.4. The number of amides is 1. The molecule has 1 amide bonds. The van der Waals surface area contributed by atoms with E-state index >= 15 is 0 Å². The molecule has 1 aliphatic rings. The molecule has 34 heavy (non-hydrogen) atoms. The van der Waals surface area contributed by atoms with Gasteiger partial charge >= 0.3 is 0 Å². The lowest BCUT2D eigenvalue weighted by molar-refractivity contribution is -0.135. The number of carbonyl (C=O) groups is 1. The van der Waals surface area contributed by atoms with Gasteiger partial charge in [0.15, 0.2) is 0 Å². The fraction of sp³-hybridized carbons (Fsp3) is 0.333. The number of alkyl halides is 1. The molecule has 1 unspecified atom stereocenters. The van der Waals surface area contributed by atoms with Crippen molar-refractivity contribution in [2.45, 2.75) is 38.0 Å². The largest absolute Gasteiger partial charge is 0.495 e. The van der Waals surface area contributed by atoms with Gasteiger partial charge in [-0.2, -0.15) is 5.26 Å². The number of likely N-dealkylation sites (tertiary alicyclic amines) is 1. The van der Waals surface area contributed by atoms with Gasteiger partial charge in [0.2, 0.25) is 5.91 Å². The normalized spacial score (nSPS) is 16.6. The second-order valence-corrected chi connectivity index (χ2v) is 8.69. The highest BCUT2D eigenvalue weighted by molar-refractivity contribution is 5.91. The summed E-state index contributed by atoms with van der Waals surface area (Å²) in [5.41, 5.74) is 0.599. The maximum Gasteiger partial charge on any atom is 0.245 e. The summed E-state index contributed by atoms with van der Waals surface area (Å²) < 4.78 is 33.0. The number of benzene rings is 3. The SMILES string of the molecule is COc1c(C#N)cc2ccccc2c1CNC(=O)C(C)(c1ccc(F)cc1)N1CCC(F)CC1. The van der Waals surface area contributed by atoms with E-state index in [4.69, 9.17) is 4.74 Å². The van der Waals surface area contributed by atoms with E-state index in [0.29, 0.717) is 48.4 Å². The van der Waals surface area contributed by atoms with Gasteiger partial charge in [-0.05, 0) is 54.3 Å². The molecule has 1 aliphatic heterocycles. The van der Waals surface area contributed by atoms with Gasteiger partial charge in [-0.3, -0.25) is 9.69 Å². The van der Waals surface area contributed by atoms with Crippen molar-refractivity contribution in [2.24, 2.45) is 0 Å². The van der Waals surface area contributed by atoms with Crippen LogP contribution in [0.4, 0.5) is 8.78 Å². The van der Waals surface area contributed by atoms with Gasteiger partial charge in [-0.15, -0.1) is 0 Å². The van der Waals surface area contributed by atoms with E-state index in [-0.39, 0.29) is 12.5 Å². The number of methoxy groups -OCH3 is 1.